The van der Waals surface area contributed by atoms with E-state index in [1.807, 2.05) is 31.2 Å². The largest absolute Gasteiger partial charge is 0.494 e. The topological polar surface area (TPSA) is 113 Å². The fourth-order valence-corrected chi connectivity index (χ4v) is 2.76. The second kappa shape index (κ2) is 11.1. The van der Waals surface area contributed by atoms with Crippen molar-refractivity contribution in [2.24, 2.45) is 20.5 Å². The van der Waals surface area contributed by atoms with Crippen molar-refractivity contribution in [3.8, 4) is 5.75 Å². The summed E-state index contributed by atoms with van der Waals surface area (Å²) in [6.45, 7) is 2.54. The zero-order valence-electron chi connectivity index (χ0n) is 16.5. The fraction of sp³-hybridized carbons (Fsp3) is 0.100. The smallest absolute Gasteiger partial charge is 0.294 e. The van der Waals surface area contributed by atoms with Crippen LogP contribution in [0.4, 0.5) is 22.7 Å². The minimum absolute atomic E-state index is 0. The van der Waals surface area contributed by atoms with Crippen LogP contribution in [0.2, 0.25) is 0 Å². The Kier molecular flexibility index (Phi) is 8.82. The minimum Gasteiger partial charge on any atom is -0.494 e. The molecular formula is C20H18N4NaO4S. The maximum Gasteiger partial charge on any atom is 0.294 e. The number of nitrogens with zero attached hydrogens (tertiary/aromatic N) is 4. The third-order valence-corrected chi connectivity index (χ3v) is 4.56. The van der Waals surface area contributed by atoms with Gasteiger partial charge in [0.1, 0.15) is 5.75 Å². The molecule has 0 saturated carbocycles. The normalized spacial score (nSPS) is 11.5. The summed E-state index contributed by atoms with van der Waals surface area (Å²) < 4.78 is 36.4. The van der Waals surface area contributed by atoms with Crippen molar-refractivity contribution in [2.45, 2.75) is 11.8 Å². The van der Waals surface area contributed by atoms with E-state index in [2.05, 4.69) is 20.5 Å². The average Bonchev–Trinajstić information content (AvgIpc) is 2.72. The van der Waals surface area contributed by atoms with Crippen molar-refractivity contribution < 1.29 is 17.7 Å². The molecule has 0 unspecified atom stereocenters. The van der Waals surface area contributed by atoms with E-state index in [-0.39, 0.29) is 34.5 Å². The third kappa shape index (κ3) is 7.12. The maximum absolute atomic E-state index is 11.0. The van der Waals surface area contributed by atoms with Crippen LogP contribution in [0, 0.1) is 0 Å². The summed E-state index contributed by atoms with van der Waals surface area (Å²) in [5.74, 6) is 0.786. The van der Waals surface area contributed by atoms with Gasteiger partial charge < -0.3 is 4.74 Å². The SMILES string of the molecule is CCOc1ccc(N=Nc2ccc(N=Nc3ccc(S(=O)(=O)O)cc3)cc2)cc1.[Na]. The van der Waals surface area contributed by atoms with Crippen LogP contribution in [0.1, 0.15) is 6.92 Å². The van der Waals surface area contributed by atoms with Gasteiger partial charge in [-0.1, -0.05) is 0 Å². The Morgan fingerprint density at radius 2 is 1.03 bits per heavy atom. The number of hydrogen-bond acceptors (Lipinski definition) is 7. The Hall–Kier alpha value is -2.43. The molecule has 10 heteroatoms. The van der Waals surface area contributed by atoms with Crippen LogP contribution in [0.15, 0.2) is 98.1 Å². The Balaban J connectivity index is 0.00000320. The molecule has 30 heavy (non-hydrogen) atoms. The van der Waals surface area contributed by atoms with Crippen LogP contribution in [-0.2, 0) is 10.1 Å². The van der Waals surface area contributed by atoms with Gasteiger partial charge in [-0.3, -0.25) is 4.55 Å². The number of ether oxygens (including phenoxy) is 1. The number of azo groups is 2. The summed E-state index contributed by atoms with van der Waals surface area (Å²) in [6.07, 6.45) is 0. The molecule has 0 heterocycles. The van der Waals surface area contributed by atoms with Crippen molar-refractivity contribution >= 4 is 62.4 Å². The third-order valence-electron chi connectivity index (χ3n) is 3.69. The summed E-state index contributed by atoms with van der Waals surface area (Å²) in [5, 5.41) is 16.5. The standard InChI is InChI=1S/C20H18N4O4S.Na/c1-2-28-19-11-7-17(8-12-19)23-21-15-3-5-16(6-4-15)22-24-18-9-13-20(14-10-18)29(25,26)27;/h3-14H,2H2,1H3,(H,25,26,27);. The second-order valence-electron chi connectivity index (χ2n) is 5.81. The van der Waals surface area contributed by atoms with E-state index in [1.165, 1.54) is 24.3 Å². The van der Waals surface area contributed by atoms with E-state index in [4.69, 9.17) is 9.29 Å². The van der Waals surface area contributed by atoms with Crippen LogP contribution in [0.5, 0.6) is 5.75 Å². The molecule has 0 aliphatic carbocycles. The van der Waals surface area contributed by atoms with Gasteiger partial charge in [0.25, 0.3) is 10.1 Å². The Morgan fingerprint density at radius 1 is 0.700 bits per heavy atom. The number of hydrogen-bond donors (Lipinski definition) is 1. The average molecular weight is 433 g/mol. The molecule has 0 fully saturated rings. The first-order valence-electron chi connectivity index (χ1n) is 8.68. The van der Waals surface area contributed by atoms with Crippen molar-refractivity contribution in [3.05, 3.63) is 72.8 Å². The molecular weight excluding hydrogens is 415 g/mol. The molecule has 0 saturated heterocycles. The van der Waals surface area contributed by atoms with Gasteiger partial charge in [0.15, 0.2) is 0 Å². The molecule has 0 amide bonds. The summed E-state index contributed by atoms with van der Waals surface area (Å²) in [4.78, 5) is -0.196. The Morgan fingerprint density at radius 3 is 1.37 bits per heavy atom. The number of benzene rings is 3. The van der Waals surface area contributed by atoms with Crippen LogP contribution in [0.25, 0.3) is 0 Å². The van der Waals surface area contributed by atoms with Gasteiger partial charge in [-0.2, -0.15) is 28.9 Å². The van der Waals surface area contributed by atoms with Crippen LogP contribution >= 0.6 is 0 Å². The van der Waals surface area contributed by atoms with E-state index in [0.29, 0.717) is 29.4 Å². The molecule has 1 radical (unpaired) electrons. The van der Waals surface area contributed by atoms with Gasteiger partial charge in [0, 0.05) is 29.6 Å². The van der Waals surface area contributed by atoms with Crippen molar-refractivity contribution in [3.63, 3.8) is 0 Å². The van der Waals surface area contributed by atoms with Crippen molar-refractivity contribution in [2.75, 3.05) is 6.61 Å². The second-order valence-corrected chi connectivity index (χ2v) is 7.23. The first-order chi connectivity index (χ1) is 13.9. The van der Waals surface area contributed by atoms with Crippen LogP contribution < -0.4 is 4.74 Å². The molecule has 0 aromatic heterocycles. The molecule has 0 spiro atoms. The first kappa shape index (κ1) is 23.8. The first-order valence-corrected chi connectivity index (χ1v) is 10.1. The van der Waals surface area contributed by atoms with Gasteiger partial charge in [0.05, 0.1) is 34.3 Å². The van der Waals surface area contributed by atoms with E-state index in [0.717, 1.165) is 5.75 Å². The molecule has 3 aromatic rings. The molecule has 0 aliphatic heterocycles. The Bertz CT molecular complexity index is 1110. The summed E-state index contributed by atoms with van der Waals surface area (Å²) in [5.41, 5.74) is 2.43. The Labute approximate surface area is 196 Å². The molecule has 0 bridgehead atoms. The number of rotatable bonds is 7. The molecule has 0 atom stereocenters. The summed E-state index contributed by atoms with van der Waals surface area (Å²) in [6, 6.07) is 19.7. The quantitative estimate of drug-likeness (QED) is 0.289. The maximum atomic E-state index is 11.0. The van der Waals surface area contributed by atoms with Gasteiger partial charge in [-0.25, -0.2) is 0 Å². The summed E-state index contributed by atoms with van der Waals surface area (Å²) in [7, 11) is -4.22. The van der Waals surface area contributed by atoms with E-state index in [1.54, 1.807) is 24.3 Å². The molecule has 149 valence electrons. The molecule has 8 nitrogen and oxygen atoms in total. The predicted molar refractivity (Wildman–Crippen MR) is 114 cm³/mol. The van der Waals surface area contributed by atoms with Gasteiger partial charge in [0.2, 0.25) is 0 Å². The van der Waals surface area contributed by atoms with Gasteiger partial charge in [-0.05, 0) is 79.7 Å². The molecule has 3 aromatic carbocycles. The van der Waals surface area contributed by atoms with Gasteiger partial charge in [-0.15, -0.1) is 0 Å². The fourth-order valence-electron chi connectivity index (χ4n) is 2.28. The van der Waals surface area contributed by atoms with Gasteiger partial charge >= 0.3 is 0 Å². The van der Waals surface area contributed by atoms with E-state index >= 15 is 0 Å². The van der Waals surface area contributed by atoms with E-state index < -0.39 is 10.1 Å². The molecule has 0 aliphatic rings. The predicted octanol–water partition coefficient (Wildman–Crippen LogP) is 5.78. The molecule has 1 N–H and O–H groups in total. The molecule has 3 rings (SSSR count). The monoisotopic (exact) mass is 433 g/mol. The zero-order chi connectivity index (χ0) is 20.7. The zero-order valence-corrected chi connectivity index (χ0v) is 19.3. The van der Waals surface area contributed by atoms with Crippen molar-refractivity contribution in [1.29, 1.82) is 0 Å². The van der Waals surface area contributed by atoms with Crippen LogP contribution in [-0.4, -0.2) is 49.1 Å². The summed E-state index contributed by atoms with van der Waals surface area (Å²) >= 11 is 0. The van der Waals surface area contributed by atoms with Crippen molar-refractivity contribution in [1.82, 2.24) is 0 Å². The van der Waals surface area contributed by atoms with E-state index in [9.17, 15) is 8.42 Å². The van der Waals surface area contributed by atoms with Crippen LogP contribution in [0.3, 0.4) is 0 Å². The minimum atomic E-state index is -4.22.